The lowest BCUT2D eigenvalue weighted by Crippen LogP contribution is -2.37. The van der Waals surface area contributed by atoms with Crippen molar-refractivity contribution in [2.75, 3.05) is 23.7 Å². The van der Waals surface area contributed by atoms with Gasteiger partial charge in [0.05, 0.1) is 10.7 Å². The molecule has 0 atom stereocenters. The molecule has 0 aromatic carbocycles. The molecule has 0 bridgehead atoms. The summed E-state index contributed by atoms with van der Waals surface area (Å²) in [6.07, 6.45) is 2.45. The summed E-state index contributed by atoms with van der Waals surface area (Å²) in [4.78, 5) is 3.01. The molecule has 1 aromatic heterocycles. The molecule has 1 aliphatic rings. The molecule has 4 heteroatoms. The summed E-state index contributed by atoms with van der Waals surface area (Å²) in [6, 6.07) is 4.10. The maximum Gasteiger partial charge on any atom is 0.129 e. The molecule has 2 heterocycles. The van der Waals surface area contributed by atoms with Gasteiger partial charge in [-0.25, -0.2) is 0 Å². The van der Waals surface area contributed by atoms with Crippen molar-refractivity contribution >= 4 is 22.0 Å². The van der Waals surface area contributed by atoms with Gasteiger partial charge in [-0.05, 0) is 30.2 Å². The van der Waals surface area contributed by atoms with Crippen molar-refractivity contribution < 1.29 is 0 Å². The first-order valence-electron chi connectivity index (χ1n) is 6.46. The van der Waals surface area contributed by atoms with Gasteiger partial charge in [-0.2, -0.15) is 5.26 Å². The molecule has 18 heavy (non-hydrogen) atoms. The summed E-state index contributed by atoms with van der Waals surface area (Å²) in [7, 11) is 0. The molecule has 1 fully saturated rings. The lowest BCUT2D eigenvalue weighted by molar-refractivity contribution is 0.199. The van der Waals surface area contributed by atoms with Crippen molar-refractivity contribution in [1.82, 2.24) is 0 Å². The summed E-state index contributed by atoms with van der Waals surface area (Å²) in [5.41, 5.74) is 6.84. The van der Waals surface area contributed by atoms with Crippen molar-refractivity contribution in [2.45, 2.75) is 33.6 Å². The fourth-order valence-corrected chi connectivity index (χ4v) is 3.53. The van der Waals surface area contributed by atoms with E-state index in [1.807, 2.05) is 6.07 Å². The molecule has 3 nitrogen and oxygen atoms in total. The normalized spacial score (nSPS) is 17.8. The molecule has 1 saturated heterocycles. The van der Waals surface area contributed by atoms with E-state index in [1.54, 1.807) is 0 Å². The van der Waals surface area contributed by atoms with Crippen LogP contribution in [0.4, 0.5) is 10.7 Å². The van der Waals surface area contributed by atoms with Gasteiger partial charge in [0.15, 0.2) is 0 Å². The Kier molecular flexibility index (Phi) is 3.54. The van der Waals surface area contributed by atoms with E-state index >= 15 is 0 Å². The zero-order valence-corrected chi connectivity index (χ0v) is 12.2. The number of rotatable bonds is 1. The maximum absolute atomic E-state index is 8.94. The van der Waals surface area contributed by atoms with Gasteiger partial charge >= 0.3 is 0 Å². The fourth-order valence-electron chi connectivity index (χ4n) is 2.60. The van der Waals surface area contributed by atoms with Crippen molar-refractivity contribution in [1.29, 1.82) is 5.26 Å². The van der Waals surface area contributed by atoms with Crippen LogP contribution >= 0.6 is 11.3 Å². The third kappa shape index (κ3) is 2.62. The first kappa shape index (κ1) is 13.2. The minimum atomic E-state index is 0.401. The van der Waals surface area contributed by atoms with Crippen LogP contribution in [-0.2, 0) is 0 Å². The second kappa shape index (κ2) is 4.81. The van der Waals surface area contributed by atoms with E-state index in [1.165, 1.54) is 24.2 Å². The Hall–Kier alpha value is -1.21. The molecule has 2 N–H and O–H groups in total. The molecular formula is C14H21N3S. The summed E-state index contributed by atoms with van der Waals surface area (Å²) < 4.78 is 0. The van der Waals surface area contributed by atoms with Gasteiger partial charge in [0, 0.05) is 13.1 Å². The Balaban J connectivity index is 2.04. The highest BCUT2D eigenvalue weighted by Crippen LogP contribution is 2.38. The highest BCUT2D eigenvalue weighted by Gasteiger charge is 2.29. The Bertz CT molecular complexity index is 456. The van der Waals surface area contributed by atoms with Gasteiger partial charge in [-0.3, -0.25) is 0 Å². The van der Waals surface area contributed by atoms with Crippen LogP contribution in [0.2, 0.25) is 0 Å². The minimum absolute atomic E-state index is 0.401. The van der Waals surface area contributed by atoms with Gasteiger partial charge in [0.25, 0.3) is 0 Å². The van der Waals surface area contributed by atoms with Crippen LogP contribution in [0.3, 0.4) is 0 Å². The topological polar surface area (TPSA) is 53.0 Å². The van der Waals surface area contributed by atoms with E-state index in [-0.39, 0.29) is 0 Å². The largest absolute Gasteiger partial charge is 0.397 e. The lowest BCUT2D eigenvalue weighted by atomic mass is 9.75. The third-order valence-corrected chi connectivity index (χ3v) is 5.00. The highest BCUT2D eigenvalue weighted by molar-refractivity contribution is 7.17. The number of thiophene rings is 1. The minimum Gasteiger partial charge on any atom is -0.397 e. The van der Waals surface area contributed by atoms with Gasteiger partial charge in [-0.15, -0.1) is 11.3 Å². The van der Waals surface area contributed by atoms with Crippen molar-refractivity contribution in [2.24, 2.45) is 11.3 Å². The van der Waals surface area contributed by atoms with Crippen molar-refractivity contribution in [3.8, 4) is 6.07 Å². The molecule has 0 saturated carbocycles. The lowest BCUT2D eigenvalue weighted by Gasteiger charge is -2.39. The molecule has 1 aliphatic heterocycles. The van der Waals surface area contributed by atoms with Crippen LogP contribution in [-0.4, -0.2) is 13.1 Å². The van der Waals surface area contributed by atoms with Crippen LogP contribution in [0, 0.1) is 22.7 Å². The third-order valence-electron chi connectivity index (χ3n) is 3.88. The fraction of sp³-hybridized carbons (Fsp3) is 0.643. The second-order valence-electron chi connectivity index (χ2n) is 6.11. The Morgan fingerprint density at radius 1 is 1.39 bits per heavy atom. The smallest absolute Gasteiger partial charge is 0.129 e. The Labute approximate surface area is 113 Å². The van der Waals surface area contributed by atoms with Gasteiger partial charge in [0.1, 0.15) is 10.9 Å². The summed E-state index contributed by atoms with van der Waals surface area (Å²) in [6.45, 7) is 9.12. The molecule has 98 valence electrons. The zero-order valence-electron chi connectivity index (χ0n) is 11.4. The first-order chi connectivity index (χ1) is 8.41. The van der Waals surface area contributed by atoms with Crippen LogP contribution in [0.1, 0.15) is 38.5 Å². The standard InChI is InChI=1S/C14H21N3S/c1-14(2,3)10-4-6-17(7-5-10)13-8-11(16)12(9-15)18-13/h8,10H,4-7,16H2,1-3H3. The van der Waals surface area contributed by atoms with Crippen molar-refractivity contribution in [3.63, 3.8) is 0 Å². The van der Waals surface area contributed by atoms with E-state index in [0.29, 0.717) is 16.0 Å². The molecule has 0 spiro atoms. The molecule has 0 radical (unpaired) electrons. The molecular weight excluding hydrogens is 242 g/mol. The Morgan fingerprint density at radius 2 is 2.00 bits per heavy atom. The number of nitriles is 1. The van der Waals surface area contributed by atoms with E-state index in [2.05, 4.69) is 31.7 Å². The molecule has 2 rings (SSSR count). The molecule has 0 amide bonds. The van der Waals surface area contributed by atoms with Crippen LogP contribution < -0.4 is 10.6 Å². The van der Waals surface area contributed by atoms with Gasteiger partial charge in [-0.1, -0.05) is 20.8 Å². The monoisotopic (exact) mass is 263 g/mol. The number of piperidine rings is 1. The number of hydrogen-bond acceptors (Lipinski definition) is 4. The number of nitrogens with two attached hydrogens (primary N) is 1. The zero-order chi connectivity index (χ0) is 13.3. The van der Waals surface area contributed by atoms with E-state index in [9.17, 15) is 0 Å². The van der Waals surface area contributed by atoms with E-state index in [4.69, 9.17) is 11.0 Å². The van der Waals surface area contributed by atoms with Crippen LogP contribution in [0.15, 0.2) is 6.07 Å². The van der Waals surface area contributed by atoms with E-state index < -0.39 is 0 Å². The predicted molar refractivity (Wildman–Crippen MR) is 77.8 cm³/mol. The molecule has 0 unspecified atom stereocenters. The summed E-state index contributed by atoms with van der Waals surface area (Å²) >= 11 is 1.51. The number of nitrogens with zero attached hydrogens (tertiary/aromatic N) is 2. The number of nitrogen functional groups attached to an aromatic ring is 1. The van der Waals surface area contributed by atoms with Gasteiger partial charge in [0.2, 0.25) is 0 Å². The quantitative estimate of drug-likeness (QED) is 0.844. The first-order valence-corrected chi connectivity index (χ1v) is 7.28. The van der Waals surface area contributed by atoms with Crippen molar-refractivity contribution in [3.05, 3.63) is 10.9 Å². The second-order valence-corrected chi connectivity index (χ2v) is 7.14. The van der Waals surface area contributed by atoms with E-state index in [0.717, 1.165) is 24.0 Å². The average molecular weight is 263 g/mol. The maximum atomic E-state index is 8.94. The van der Waals surface area contributed by atoms with Crippen LogP contribution in [0.5, 0.6) is 0 Å². The number of anilines is 2. The van der Waals surface area contributed by atoms with Gasteiger partial charge < -0.3 is 10.6 Å². The Morgan fingerprint density at radius 3 is 2.44 bits per heavy atom. The number of hydrogen-bond donors (Lipinski definition) is 1. The molecule has 0 aliphatic carbocycles. The summed E-state index contributed by atoms with van der Waals surface area (Å²) in [5, 5.41) is 10.1. The average Bonchev–Trinajstić information content (AvgIpc) is 2.69. The SMILES string of the molecule is CC(C)(C)C1CCN(c2cc(N)c(C#N)s2)CC1. The van der Waals surface area contributed by atoms with Crippen LogP contribution in [0.25, 0.3) is 0 Å². The molecule has 1 aromatic rings. The summed E-state index contributed by atoms with van der Waals surface area (Å²) in [5.74, 6) is 0.793. The highest BCUT2D eigenvalue weighted by atomic mass is 32.1. The predicted octanol–water partition coefficient (Wildman–Crippen LogP) is 3.46.